The van der Waals surface area contributed by atoms with Crippen molar-refractivity contribution in [3.05, 3.63) is 83.1 Å². The van der Waals surface area contributed by atoms with Gasteiger partial charge in [-0.2, -0.15) is 0 Å². The highest BCUT2D eigenvalue weighted by molar-refractivity contribution is 7.16. The summed E-state index contributed by atoms with van der Waals surface area (Å²) in [7, 11) is 1.63. The number of aromatic nitrogens is 2. The van der Waals surface area contributed by atoms with E-state index in [4.69, 9.17) is 9.72 Å². The van der Waals surface area contributed by atoms with Gasteiger partial charge < -0.3 is 4.74 Å². The molecule has 0 bridgehead atoms. The Labute approximate surface area is 187 Å². The molecule has 1 amide bonds. The molecule has 0 saturated carbocycles. The van der Waals surface area contributed by atoms with Gasteiger partial charge in [-0.25, -0.2) is 9.97 Å². The molecule has 0 radical (unpaired) electrons. The largest absolute Gasteiger partial charge is 0.497 e. The number of pyridine rings is 1. The Kier molecular flexibility index (Phi) is 5.19. The average Bonchev–Trinajstić information content (AvgIpc) is 3.50. The lowest BCUT2D eigenvalue weighted by molar-refractivity contribution is 0.102. The highest BCUT2D eigenvalue weighted by Gasteiger charge is 2.16. The molecular formula is C24H17N3O2S2. The number of amides is 1. The van der Waals surface area contributed by atoms with Crippen LogP contribution in [0.25, 0.3) is 32.7 Å². The lowest BCUT2D eigenvalue weighted by atomic mass is 10.0. The number of rotatable bonds is 5. The SMILES string of the molecule is COc1cccc(-c2cc(C(=O)Nc3nc(-c4cccs4)cs3)c3ccccc3n2)c1. The number of anilines is 1. The first-order valence-corrected chi connectivity index (χ1v) is 11.3. The van der Waals surface area contributed by atoms with Crippen molar-refractivity contribution in [1.29, 1.82) is 0 Å². The third-order valence-corrected chi connectivity index (χ3v) is 6.47. The number of nitrogens with one attached hydrogen (secondary N) is 1. The maximum absolute atomic E-state index is 13.2. The van der Waals surface area contributed by atoms with E-state index in [1.807, 2.05) is 77.5 Å². The fourth-order valence-electron chi connectivity index (χ4n) is 3.33. The first-order valence-electron chi connectivity index (χ1n) is 9.56. The molecule has 1 N–H and O–H groups in total. The van der Waals surface area contributed by atoms with Crippen LogP contribution in [-0.4, -0.2) is 23.0 Å². The minimum Gasteiger partial charge on any atom is -0.497 e. The molecule has 5 nitrogen and oxygen atoms in total. The molecule has 31 heavy (non-hydrogen) atoms. The van der Waals surface area contributed by atoms with Crippen LogP contribution in [0.3, 0.4) is 0 Å². The second-order valence-electron chi connectivity index (χ2n) is 6.77. The monoisotopic (exact) mass is 443 g/mol. The molecule has 3 heterocycles. The third kappa shape index (κ3) is 3.93. The van der Waals surface area contributed by atoms with E-state index < -0.39 is 0 Å². The first-order chi connectivity index (χ1) is 15.2. The molecule has 0 spiro atoms. The molecule has 0 fully saturated rings. The maximum Gasteiger partial charge on any atom is 0.258 e. The molecule has 3 aromatic heterocycles. The van der Waals surface area contributed by atoms with E-state index in [9.17, 15) is 4.79 Å². The number of benzene rings is 2. The number of para-hydroxylation sites is 1. The van der Waals surface area contributed by atoms with Gasteiger partial charge in [-0.3, -0.25) is 10.1 Å². The van der Waals surface area contributed by atoms with E-state index in [0.717, 1.165) is 32.8 Å². The van der Waals surface area contributed by atoms with Crippen molar-refractivity contribution in [1.82, 2.24) is 9.97 Å². The van der Waals surface area contributed by atoms with Crippen molar-refractivity contribution in [2.45, 2.75) is 0 Å². The fraction of sp³-hybridized carbons (Fsp3) is 0.0417. The highest BCUT2D eigenvalue weighted by atomic mass is 32.1. The van der Waals surface area contributed by atoms with Crippen molar-refractivity contribution in [3.8, 4) is 27.6 Å². The van der Waals surface area contributed by atoms with Gasteiger partial charge in [0.1, 0.15) is 5.75 Å². The van der Waals surface area contributed by atoms with Crippen LogP contribution in [0.15, 0.2) is 77.5 Å². The summed E-state index contributed by atoms with van der Waals surface area (Å²) in [5, 5.41) is 8.28. The second-order valence-corrected chi connectivity index (χ2v) is 8.58. The van der Waals surface area contributed by atoms with E-state index in [0.29, 0.717) is 16.4 Å². The molecule has 5 rings (SSSR count). The number of ether oxygens (including phenoxy) is 1. The molecule has 7 heteroatoms. The van der Waals surface area contributed by atoms with Crippen LogP contribution in [0.4, 0.5) is 5.13 Å². The second kappa shape index (κ2) is 8.29. The Morgan fingerprint density at radius 2 is 1.84 bits per heavy atom. The van der Waals surface area contributed by atoms with Crippen LogP contribution in [0.2, 0.25) is 0 Å². The molecule has 0 saturated heterocycles. The minimum atomic E-state index is -0.213. The molecule has 0 unspecified atom stereocenters. The molecule has 0 aliphatic rings. The summed E-state index contributed by atoms with van der Waals surface area (Å²) in [5.74, 6) is 0.525. The third-order valence-electron chi connectivity index (χ3n) is 4.82. The number of fused-ring (bicyclic) bond motifs is 1. The number of thiazole rings is 1. The average molecular weight is 444 g/mol. The first kappa shape index (κ1) is 19.4. The predicted octanol–water partition coefficient (Wildman–Crippen LogP) is 6.35. The van der Waals surface area contributed by atoms with E-state index in [1.54, 1.807) is 18.4 Å². The number of nitrogens with zero attached hydrogens (tertiary/aromatic N) is 2. The van der Waals surface area contributed by atoms with Gasteiger partial charge in [0.05, 0.1) is 34.5 Å². The van der Waals surface area contributed by atoms with Crippen LogP contribution in [-0.2, 0) is 0 Å². The van der Waals surface area contributed by atoms with Crippen molar-refractivity contribution in [2.24, 2.45) is 0 Å². The molecule has 0 aliphatic carbocycles. The molecule has 5 aromatic rings. The lowest BCUT2D eigenvalue weighted by Crippen LogP contribution is -2.13. The number of methoxy groups -OCH3 is 1. The summed E-state index contributed by atoms with van der Waals surface area (Å²) in [5.41, 5.74) is 3.77. The van der Waals surface area contributed by atoms with E-state index in [2.05, 4.69) is 10.3 Å². The van der Waals surface area contributed by atoms with Crippen LogP contribution >= 0.6 is 22.7 Å². The zero-order valence-corrected chi connectivity index (χ0v) is 18.2. The van der Waals surface area contributed by atoms with Crippen molar-refractivity contribution < 1.29 is 9.53 Å². The van der Waals surface area contributed by atoms with Gasteiger partial charge in [0.15, 0.2) is 5.13 Å². The Bertz CT molecular complexity index is 1380. The van der Waals surface area contributed by atoms with Gasteiger partial charge in [0, 0.05) is 16.3 Å². The zero-order valence-electron chi connectivity index (χ0n) is 16.5. The van der Waals surface area contributed by atoms with Crippen LogP contribution in [0.5, 0.6) is 5.75 Å². The number of hydrogen-bond acceptors (Lipinski definition) is 6. The number of hydrogen-bond donors (Lipinski definition) is 1. The number of thiophene rings is 1. The van der Waals surface area contributed by atoms with Crippen molar-refractivity contribution in [2.75, 3.05) is 12.4 Å². The molecule has 0 atom stereocenters. The predicted molar refractivity (Wildman–Crippen MR) is 127 cm³/mol. The van der Waals surface area contributed by atoms with Crippen LogP contribution in [0.1, 0.15) is 10.4 Å². The van der Waals surface area contributed by atoms with E-state index >= 15 is 0 Å². The van der Waals surface area contributed by atoms with Gasteiger partial charge in [-0.15, -0.1) is 22.7 Å². The Morgan fingerprint density at radius 3 is 2.68 bits per heavy atom. The number of carbonyl (C=O) groups is 1. The van der Waals surface area contributed by atoms with Gasteiger partial charge in [0.25, 0.3) is 5.91 Å². The Balaban J connectivity index is 1.53. The van der Waals surface area contributed by atoms with Gasteiger partial charge in [-0.1, -0.05) is 36.4 Å². The highest BCUT2D eigenvalue weighted by Crippen LogP contribution is 2.30. The lowest BCUT2D eigenvalue weighted by Gasteiger charge is -2.10. The van der Waals surface area contributed by atoms with E-state index in [-0.39, 0.29) is 5.91 Å². The van der Waals surface area contributed by atoms with E-state index in [1.165, 1.54) is 11.3 Å². The summed E-state index contributed by atoms with van der Waals surface area (Å²) in [6.07, 6.45) is 0. The zero-order chi connectivity index (χ0) is 21.2. The quantitative estimate of drug-likeness (QED) is 0.344. The topological polar surface area (TPSA) is 64.1 Å². The summed E-state index contributed by atoms with van der Waals surface area (Å²) in [6.45, 7) is 0. The standard InChI is InChI=1S/C24H17N3O2S2/c1-29-16-7-4-6-15(12-16)20-13-18(17-8-2-3-9-19(17)25-20)23(28)27-24-26-21(14-31-24)22-10-5-11-30-22/h2-14H,1H3,(H,26,27,28). The van der Waals surface area contributed by atoms with Gasteiger partial charge >= 0.3 is 0 Å². The Morgan fingerprint density at radius 1 is 0.935 bits per heavy atom. The summed E-state index contributed by atoms with van der Waals surface area (Å²) in [6, 6.07) is 21.1. The summed E-state index contributed by atoms with van der Waals surface area (Å²) < 4.78 is 5.34. The van der Waals surface area contributed by atoms with Crippen LogP contribution < -0.4 is 10.1 Å². The Hall–Kier alpha value is -3.55. The smallest absolute Gasteiger partial charge is 0.258 e. The van der Waals surface area contributed by atoms with Crippen molar-refractivity contribution >= 4 is 44.6 Å². The normalized spacial score (nSPS) is 10.9. The molecular weight excluding hydrogens is 426 g/mol. The van der Waals surface area contributed by atoms with Crippen molar-refractivity contribution in [3.63, 3.8) is 0 Å². The minimum absolute atomic E-state index is 0.213. The summed E-state index contributed by atoms with van der Waals surface area (Å²) in [4.78, 5) is 23.6. The molecule has 0 aliphatic heterocycles. The van der Waals surface area contributed by atoms with Gasteiger partial charge in [-0.05, 0) is 35.7 Å². The summed E-state index contributed by atoms with van der Waals surface area (Å²) >= 11 is 3.04. The van der Waals surface area contributed by atoms with Crippen LogP contribution in [0, 0.1) is 0 Å². The number of carbonyl (C=O) groups excluding carboxylic acids is 1. The maximum atomic E-state index is 13.2. The van der Waals surface area contributed by atoms with Gasteiger partial charge in [0.2, 0.25) is 0 Å². The fourth-order valence-corrected chi connectivity index (χ4v) is 4.79. The molecule has 152 valence electrons. The molecule has 2 aromatic carbocycles.